The minimum absolute atomic E-state index is 0.205. The molecule has 156 valence electrons. The first-order valence-electron chi connectivity index (χ1n) is 10.1. The quantitative estimate of drug-likeness (QED) is 0.376. The first-order valence-corrected chi connectivity index (χ1v) is 11.3. The van der Waals surface area contributed by atoms with E-state index in [0.29, 0.717) is 29.0 Å². The number of nitrogens with zero attached hydrogens (tertiary/aromatic N) is 5. The summed E-state index contributed by atoms with van der Waals surface area (Å²) in [7, 11) is 0. The van der Waals surface area contributed by atoms with Gasteiger partial charge in [0.25, 0.3) is 0 Å². The average molecular weight is 450 g/mol. The molecule has 0 amide bonds. The van der Waals surface area contributed by atoms with Gasteiger partial charge in [-0.3, -0.25) is 9.55 Å². The monoisotopic (exact) mass is 449 g/mol. The van der Waals surface area contributed by atoms with Crippen molar-refractivity contribution in [2.75, 3.05) is 0 Å². The van der Waals surface area contributed by atoms with Crippen LogP contribution >= 0.6 is 22.9 Å². The lowest BCUT2D eigenvalue weighted by atomic mass is 10.0. The van der Waals surface area contributed by atoms with Crippen LogP contribution in [0.1, 0.15) is 25.0 Å². The Hall–Kier alpha value is -3.03. The summed E-state index contributed by atoms with van der Waals surface area (Å²) >= 11 is 7.62. The zero-order valence-electron chi connectivity index (χ0n) is 17.1. The van der Waals surface area contributed by atoms with Crippen molar-refractivity contribution in [3.8, 4) is 11.4 Å². The number of fused-ring (bicyclic) bond motifs is 3. The number of thiophene rings is 1. The van der Waals surface area contributed by atoms with Crippen molar-refractivity contribution in [2.45, 2.75) is 26.8 Å². The summed E-state index contributed by atoms with van der Waals surface area (Å²) in [4.78, 5) is 23.2. The lowest BCUT2D eigenvalue weighted by Crippen LogP contribution is -2.28. The Morgan fingerprint density at radius 2 is 1.84 bits per heavy atom. The molecule has 5 rings (SSSR count). The molecule has 0 aliphatic heterocycles. The SMILES string of the molecule is CC(C)Cc1csc2c1c1nc(-c3ccncc3)nn1c(=O)n2Cc1ccc(Cl)cc1. The topological polar surface area (TPSA) is 65.1 Å². The van der Waals surface area contributed by atoms with Crippen molar-refractivity contribution < 1.29 is 0 Å². The fourth-order valence-electron chi connectivity index (χ4n) is 3.75. The Bertz CT molecular complexity index is 1430. The van der Waals surface area contributed by atoms with E-state index in [0.717, 1.165) is 27.8 Å². The van der Waals surface area contributed by atoms with Crippen LogP contribution in [-0.2, 0) is 13.0 Å². The highest BCUT2D eigenvalue weighted by atomic mass is 35.5. The van der Waals surface area contributed by atoms with Gasteiger partial charge in [-0.25, -0.2) is 9.78 Å². The Morgan fingerprint density at radius 3 is 2.55 bits per heavy atom. The Balaban J connectivity index is 1.77. The lowest BCUT2D eigenvalue weighted by Gasteiger charge is -2.10. The smallest absolute Gasteiger partial charge is 0.278 e. The van der Waals surface area contributed by atoms with Gasteiger partial charge in [0.2, 0.25) is 0 Å². The largest absolute Gasteiger partial charge is 0.352 e. The van der Waals surface area contributed by atoms with Crippen molar-refractivity contribution in [1.29, 1.82) is 0 Å². The molecule has 0 spiro atoms. The number of hydrogen-bond donors (Lipinski definition) is 0. The number of hydrogen-bond acceptors (Lipinski definition) is 5. The summed E-state index contributed by atoms with van der Waals surface area (Å²) in [5.74, 6) is 1.00. The molecule has 8 heteroatoms. The van der Waals surface area contributed by atoms with Gasteiger partial charge >= 0.3 is 5.69 Å². The maximum absolute atomic E-state index is 13.5. The molecule has 0 saturated carbocycles. The molecule has 6 nitrogen and oxygen atoms in total. The minimum atomic E-state index is -0.205. The molecule has 0 atom stereocenters. The van der Waals surface area contributed by atoms with E-state index < -0.39 is 0 Å². The van der Waals surface area contributed by atoms with Crippen molar-refractivity contribution in [2.24, 2.45) is 5.92 Å². The maximum Gasteiger partial charge on any atom is 0.352 e. The van der Waals surface area contributed by atoms with Gasteiger partial charge in [0.15, 0.2) is 11.5 Å². The maximum atomic E-state index is 13.5. The minimum Gasteiger partial charge on any atom is -0.278 e. The number of rotatable bonds is 5. The van der Waals surface area contributed by atoms with Crippen LogP contribution < -0.4 is 5.69 Å². The van der Waals surface area contributed by atoms with Crippen molar-refractivity contribution in [3.63, 3.8) is 0 Å². The number of aromatic nitrogens is 5. The first kappa shape index (κ1) is 19.9. The normalized spacial score (nSPS) is 11.7. The Morgan fingerprint density at radius 1 is 1.10 bits per heavy atom. The van der Waals surface area contributed by atoms with Gasteiger partial charge in [-0.2, -0.15) is 4.52 Å². The predicted molar refractivity (Wildman–Crippen MR) is 125 cm³/mol. The average Bonchev–Trinajstić information content (AvgIpc) is 3.37. The van der Waals surface area contributed by atoms with Gasteiger partial charge < -0.3 is 0 Å². The van der Waals surface area contributed by atoms with Gasteiger partial charge in [-0.1, -0.05) is 37.6 Å². The highest BCUT2D eigenvalue weighted by Gasteiger charge is 2.20. The van der Waals surface area contributed by atoms with E-state index in [1.165, 1.54) is 10.1 Å². The summed E-state index contributed by atoms with van der Waals surface area (Å²) in [5.41, 5.74) is 3.43. The molecule has 0 unspecified atom stereocenters. The van der Waals surface area contributed by atoms with Gasteiger partial charge in [-0.15, -0.1) is 16.4 Å². The van der Waals surface area contributed by atoms with Crippen LogP contribution in [0, 0.1) is 5.92 Å². The van der Waals surface area contributed by atoms with E-state index in [1.807, 2.05) is 36.4 Å². The molecule has 0 aliphatic rings. The van der Waals surface area contributed by atoms with Gasteiger partial charge in [-0.05, 0) is 53.1 Å². The van der Waals surface area contributed by atoms with Crippen LogP contribution in [0.15, 0.2) is 59.0 Å². The fraction of sp³-hybridized carbons (Fsp3) is 0.217. The van der Waals surface area contributed by atoms with Gasteiger partial charge in [0, 0.05) is 23.0 Å². The van der Waals surface area contributed by atoms with E-state index >= 15 is 0 Å². The van der Waals surface area contributed by atoms with Crippen LogP contribution in [0.5, 0.6) is 0 Å². The number of pyridine rings is 1. The van der Waals surface area contributed by atoms with Crippen LogP contribution in [0.3, 0.4) is 0 Å². The van der Waals surface area contributed by atoms with E-state index in [4.69, 9.17) is 16.6 Å². The predicted octanol–water partition coefficient (Wildman–Crippen LogP) is 5.07. The third kappa shape index (κ3) is 3.64. The molecule has 4 aromatic heterocycles. The second-order valence-corrected chi connectivity index (χ2v) is 9.24. The van der Waals surface area contributed by atoms with E-state index in [1.54, 1.807) is 28.3 Å². The molecule has 31 heavy (non-hydrogen) atoms. The van der Waals surface area contributed by atoms with Crippen molar-refractivity contribution >= 4 is 38.8 Å². The first-order chi connectivity index (χ1) is 15.0. The second-order valence-electron chi connectivity index (χ2n) is 7.94. The standard InChI is InChI=1S/C23H20ClN5OS/c1-14(2)11-17-13-31-22-19(17)21-26-20(16-7-9-25-10-8-16)27-29(21)23(30)28(22)12-15-3-5-18(24)6-4-15/h3-10,13-14H,11-12H2,1-2H3. The van der Waals surface area contributed by atoms with Crippen LogP contribution in [0.25, 0.3) is 27.3 Å². The van der Waals surface area contributed by atoms with Gasteiger partial charge in [0.05, 0.1) is 11.9 Å². The molecular weight excluding hydrogens is 430 g/mol. The molecule has 0 bridgehead atoms. The highest BCUT2D eigenvalue weighted by Crippen LogP contribution is 2.31. The second kappa shape index (κ2) is 7.90. The lowest BCUT2D eigenvalue weighted by molar-refractivity contribution is 0.650. The molecule has 0 saturated heterocycles. The molecule has 1 aromatic carbocycles. The molecule has 0 aliphatic carbocycles. The summed E-state index contributed by atoms with van der Waals surface area (Å²) in [6.07, 6.45) is 4.31. The zero-order valence-corrected chi connectivity index (χ0v) is 18.7. The Labute approximate surface area is 187 Å². The molecule has 5 aromatic rings. The molecule has 0 radical (unpaired) electrons. The Kier molecular flexibility index (Phi) is 5.08. The summed E-state index contributed by atoms with van der Waals surface area (Å²) in [6.45, 7) is 4.82. The molecule has 4 heterocycles. The fourth-order valence-corrected chi connectivity index (χ4v) is 4.96. The van der Waals surface area contributed by atoms with Gasteiger partial charge in [0.1, 0.15) is 4.83 Å². The summed E-state index contributed by atoms with van der Waals surface area (Å²) < 4.78 is 3.22. The molecular formula is C23H20ClN5OS. The van der Waals surface area contributed by atoms with Crippen molar-refractivity contribution in [3.05, 3.63) is 80.8 Å². The summed E-state index contributed by atoms with van der Waals surface area (Å²) in [5, 5.41) is 8.39. The molecule has 0 fully saturated rings. The number of halogens is 1. The zero-order chi connectivity index (χ0) is 21.5. The van der Waals surface area contributed by atoms with E-state index in [-0.39, 0.29) is 5.69 Å². The molecule has 0 N–H and O–H groups in total. The number of benzene rings is 1. The summed E-state index contributed by atoms with van der Waals surface area (Å²) in [6, 6.07) is 11.3. The third-order valence-electron chi connectivity index (χ3n) is 5.16. The highest BCUT2D eigenvalue weighted by molar-refractivity contribution is 7.17. The van der Waals surface area contributed by atoms with E-state index in [2.05, 4.69) is 29.3 Å². The van der Waals surface area contributed by atoms with E-state index in [9.17, 15) is 4.79 Å². The third-order valence-corrected chi connectivity index (χ3v) is 6.46. The van der Waals surface area contributed by atoms with Crippen molar-refractivity contribution in [1.82, 2.24) is 24.1 Å². The van der Waals surface area contributed by atoms with Crippen LogP contribution in [-0.4, -0.2) is 24.1 Å². The van der Waals surface area contributed by atoms with Crippen LogP contribution in [0.2, 0.25) is 5.02 Å². The van der Waals surface area contributed by atoms with Crippen LogP contribution in [0.4, 0.5) is 0 Å².